The van der Waals surface area contributed by atoms with Gasteiger partial charge in [0.1, 0.15) is 0 Å². The first-order valence-corrected chi connectivity index (χ1v) is 6.74. The molecular weight excluding hydrogens is 216 g/mol. The van der Waals surface area contributed by atoms with Gasteiger partial charge in [0, 0.05) is 32.2 Å². The molecule has 2 atom stereocenters. The Morgan fingerprint density at radius 3 is 3.00 bits per heavy atom. The molecule has 2 unspecified atom stereocenters. The van der Waals surface area contributed by atoms with Gasteiger partial charge in [0.2, 0.25) is 5.91 Å². The normalized spacial score (nSPS) is 22.1. The third-order valence-corrected chi connectivity index (χ3v) is 3.29. The lowest BCUT2D eigenvalue weighted by Crippen LogP contribution is -2.37. The Kier molecular flexibility index (Phi) is 7.21. The highest BCUT2D eigenvalue weighted by Crippen LogP contribution is 2.11. The summed E-state index contributed by atoms with van der Waals surface area (Å²) < 4.78 is 4.99. The molecule has 0 bridgehead atoms. The second-order valence-corrected chi connectivity index (χ2v) is 4.94. The summed E-state index contributed by atoms with van der Waals surface area (Å²) in [5.74, 6) is 0.168. The highest BCUT2D eigenvalue weighted by molar-refractivity contribution is 5.76. The van der Waals surface area contributed by atoms with Gasteiger partial charge in [-0.25, -0.2) is 0 Å². The summed E-state index contributed by atoms with van der Waals surface area (Å²) in [7, 11) is 1.68. The minimum atomic E-state index is 0.168. The van der Waals surface area contributed by atoms with Crippen molar-refractivity contribution in [3.63, 3.8) is 0 Å². The van der Waals surface area contributed by atoms with Gasteiger partial charge < -0.3 is 15.4 Å². The SMILES string of the molecule is COCCC(C)NC(=O)CCC1CCCCN1. The average Bonchev–Trinajstić information content (AvgIpc) is 2.35. The number of hydrogen-bond acceptors (Lipinski definition) is 3. The maximum atomic E-state index is 11.7. The van der Waals surface area contributed by atoms with Gasteiger partial charge in [-0.15, -0.1) is 0 Å². The van der Waals surface area contributed by atoms with Crippen molar-refractivity contribution in [3.05, 3.63) is 0 Å². The van der Waals surface area contributed by atoms with Gasteiger partial charge in [-0.1, -0.05) is 6.42 Å². The summed E-state index contributed by atoms with van der Waals surface area (Å²) >= 11 is 0. The van der Waals surface area contributed by atoms with Crippen LogP contribution in [0.4, 0.5) is 0 Å². The molecule has 0 aromatic heterocycles. The van der Waals surface area contributed by atoms with E-state index >= 15 is 0 Å². The Hall–Kier alpha value is -0.610. The molecule has 0 radical (unpaired) electrons. The van der Waals surface area contributed by atoms with Crippen molar-refractivity contribution in [2.24, 2.45) is 0 Å². The molecule has 2 N–H and O–H groups in total. The third kappa shape index (κ3) is 6.64. The van der Waals surface area contributed by atoms with Gasteiger partial charge in [0.25, 0.3) is 0 Å². The predicted molar refractivity (Wildman–Crippen MR) is 69.0 cm³/mol. The van der Waals surface area contributed by atoms with E-state index in [4.69, 9.17) is 4.74 Å². The van der Waals surface area contributed by atoms with Gasteiger partial charge in [-0.2, -0.15) is 0 Å². The number of rotatable bonds is 7. The van der Waals surface area contributed by atoms with E-state index in [1.54, 1.807) is 7.11 Å². The lowest BCUT2D eigenvalue weighted by atomic mass is 10.0. The fourth-order valence-corrected chi connectivity index (χ4v) is 2.19. The fraction of sp³-hybridized carbons (Fsp3) is 0.923. The Labute approximate surface area is 104 Å². The molecule has 0 aromatic rings. The molecule has 1 aliphatic heterocycles. The van der Waals surface area contributed by atoms with E-state index in [-0.39, 0.29) is 11.9 Å². The Morgan fingerprint density at radius 1 is 1.53 bits per heavy atom. The summed E-state index contributed by atoms with van der Waals surface area (Å²) in [6, 6.07) is 0.755. The van der Waals surface area contributed by atoms with E-state index in [1.165, 1.54) is 19.3 Å². The van der Waals surface area contributed by atoms with Gasteiger partial charge >= 0.3 is 0 Å². The topological polar surface area (TPSA) is 50.4 Å². The minimum Gasteiger partial charge on any atom is -0.385 e. The Morgan fingerprint density at radius 2 is 2.35 bits per heavy atom. The van der Waals surface area contributed by atoms with E-state index in [0.29, 0.717) is 19.1 Å². The second-order valence-electron chi connectivity index (χ2n) is 4.94. The van der Waals surface area contributed by atoms with Crippen molar-refractivity contribution in [1.82, 2.24) is 10.6 Å². The maximum Gasteiger partial charge on any atom is 0.220 e. The Balaban J connectivity index is 2.07. The van der Waals surface area contributed by atoms with Crippen LogP contribution in [0, 0.1) is 0 Å². The molecule has 1 aliphatic rings. The molecule has 0 saturated carbocycles. The van der Waals surface area contributed by atoms with Crippen molar-refractivity contribution in [3.8, 4) is 0 Å². The number of nitrogens with one attached hydrogen (secondary N) is 2. The summed E-state index contributed by atoms with van der Waals surface area (Å²) in [6.07, 6.45) is 6.26. The van der Waals surface area contributed by atoms with Crippen molar-refractivity contribution in [2.45, 2.75) is 57.5 Å². The first-order chi connectivity index (χ1) is 8.22. The van der Waals surface area contributed by atoms with E-state index in [0.717, 1.165) is 19.4 Å². The monoisotopic (exact) mass is 242 g/mol. The molecule has 1 fully saturated rings. The molecule has 1 saturated heterocycles. The van der Waals surface area contributed by atoms with Crippen LogP contribution >= 0.6 is 0 Å². The van der Waals surface area contributed by atoms with Gasteiger partial charge in [-0.3, -0.25) is 4.79 Å². The largest absolute Gasteiger partial charge is 0.385 e. The summed E-state index contributed by atoms with van der Waals surface area (Å²) in [6.45, 7) is 3.83. The van der Waals surface area contributed by atoms with Crippen molar-refractivity contribution in [1.29, 1.82) is 0 Å². The predicted octanol–water partition coefficient (Wildman–Crippen LogP) is 1.45. The standard InChI is InChI=1S/C13H26N2O2/c1-11(8-10-17-2)15-13(16)7-6-12-5-3-4-9-14-12/h11-12,14H,3-10H2,1-2H3,(H,15,16). The van der Waals surface area contributed by atoms with Crippen LogP contribution in [-0.4, -0.2) is 38.3 Å². The molecule has 4 heteroatoms. The molecule has 1 rings (SSSR count). The first-order valence-electron chi connectivity index (χ1n) is 6.74. The number of amides is 1. The molecule has 0 aliphatic carbocycles. The number of hydrogen-bond donors (Lipinski definition) is 2. The van der Waals surface area contributed by atoms with E-state index in [2.05, 4.69) is 10.6 Å². The number of ether oxygens (including phenoxy) is 1. The van der Waals surface area contributed by atoms with Crippen LogP contribution in [0.25, 0.3) is 0 Å². The molecule has 1 heterocycles. The van der Waals surface area contributed by atoms with Gasteiger partial charge in [0.05, 0.1) is 0 Å². The van der Waals surface area contributed by atoms with Crippen LogP contribution in [0.15, 0.2) is 0 Å². The summed E-state index contributed by atoms with van der Waals surface area (Å²) in [5, 5.41) is 6.47. The van der Waals surface area contributed by atoms with Gasteiger partial charge in [0.15, 0.2) is 0 Å². The third-order valence-electron chi connectivity index (χ3n) is 3.29. The highest BCUT2D eigenvalue weighted by Gasteiger charge is 2.14. The van der Waals surface area contributed by atoms with E-state index in [9.17, 15) is 4.79 Å². The van der Waals surface area contributed by atoms with Crippen LogP contribution in [0.1, 0.15) is 45.4 Å². The van der Waals surface area contributed by atoms with Crippen LogP contribution in [0.2, 0.25) is 0 Å². The van der Waals surface area contributed by atoms with Crippen LogP contribution < -0.4 is 10.6 Å². The van der Waals surface area contributed by atoms with Crippen molar-refractivity contribution >= 4 is 5.91 Å². The molecule has 0 aromatic carbocycles. The molecule has 1 amide bonds. The zero-order valence-corrected chi connectivity index (χ0v) is 11.1. The molecule has 4 nitrogen and oxygen atoms in total. The smallest absolute Gasteiger partial charge is 0.220 e. The van der Waals surface area contributed by atoms with E-state index < -0.39 is 0 Å². The number of piperidine rings is 1. The van der Waals surface area contributed by atoms with E-state index in [1.807, 2.05) is 6.92 Å². The van der Waals surface area contributed by atoms with Crippen molar-refractivity contribution in [2.75, 3.05) is 20.3 Å². The lowest BCUT2D eigenvalue weighted by molar-refractivity contribution is -0.122. The molecule has 100 valence electrons. The lowest BCUT2D eigenvalue weighted by Gasteiger charge is -2.23. The summed E-state index contributed by atoms with van der Waals surface area (Å²) in [5.41, 5.74) is 0. The van der Waals surface area contributed by atoms with Crippen LogP contribution in [0.3, 0.4) is 0 Å². The molecule has 0 spiro atoms. The maximum absolute atomic E-state index is 11.7. The number of carbonyl (C=O) groups is 1. The molecular formula is C13H26N2O2. The van der Waals surface area contributed by atoms with Crippen LogP contribution in [0.5, 0.6) is 0 Å². The second kappa shape index (κ2) is 8.48. The Bertz CT molecular complexity index is 215. The summed E-state index contributed by atoms with van der Waals surface area (Å²) in [4.78, 5) is 11.7. The fourth-order valence-electron chi connectivity index (χ4n) is 2.19. The number of carbonyl (C=O) groups excluding carboxylic acids is 1. The van der Waals surface area contributed by atoms with Crippen molar-refractivity contribution < 1.29 is 9.53 Å². The van der Waals surface area contributed by atoms with Gasteiger partial charge in [-0.05, 0) is 39.2 Å². The minimum absolute atomic E-state index is 0.168. The first kappa shape index (κ1) is 14.5. The number of methoxy groups -OCH3 is 1. The zero-order chi connectivity index (χ0) is 12.5. The van der Waals surface area contributed by atoms with Crippen LogP contribution in [-0.2, 0) is 9.53 Å². The molecule has 17 heavy (non-hydrogen) atoms. The zero-order valence-electron chi connectivity index (χ0n) is 11.1. The quantitative estimate of drug-likeness (QED) is 0.710. The highest BCUT2D eigenvalue weighted by atomic mass is 16.5. The average molecular weight is 242 g/mol.